The molecule has 0 atom stereocenters. The summed E-state index contributed by atoms with van der Waals surface area (Å²) in [6.07, 6.45) is 12.4. The van der Waals surface area contributed by atoms with Crippen molar-refractivity contribution in [3.05, 3.63) is 34.4 Å². The van der Waals surface area contributed by atoms with E-state index in [1.165, 1.54) is 22.3 Å². The lowest BCUT2D eigenvalue weighted by Crippen LogP contribution is -2.14. The molecule has 0 aliphatic heterocycles. The van der Waals surface area contributed by atoms with Crippen molar-refractivity contribution < 1.29 is 19.8 Å². The van der Waals surface area contributed by atoms with Crippen molar-refractivity contribution in [2.75, 3.05) is 0 Å². The number of aliphatic carboxylic acids is 2. The molecule has 4 heteroatoms. The molecule has 0 amide bonds. The van der Waals surface area contributed by atoms with Crippen LogP contribution in [-0.2, 0) is 22.4 Å². The Labute approximate surface area is 174 Å². The van der Waals surface area contributed by atoms with E-state index in [9.17, 15) is 19.8 Å². The molecule has 0 bridgehead atoms. The normalized spacial score (nSPS) is 18.4. The van der Waals surface area contributed by atoms with Gasteiger partial charge in [0.25, 0.3) is 0 Å². The van der Waals surface area contributed by atoms with Gasteiger partial charge in [-0.3, -0.25) is 9.59 Å². The predicted molar refractivity (Wildman–Crippen MR) is 114 cm³/mol. The van der Waals surface area contributed by atoms with Crippen molar-refractivity contribution in [3.8, 4) is 0 Å². The molecule has 0 radical (unpaired) electrons. The first-order valence-corrected chi connectivity index (χ1v) is 11.3. The summed E-state index contributed by atoms with van der Waals surface area (Å²) in [5.74, 6) is -1.21. The minimum absolute atomic E-state index is 0.383. The van der Waals surface area contributed by atoms with Crippen LogP contribution in [0.15, 0.2) is 12.1 Å². The van der Waals surface area contributed by atoms with Gasteiger partial charge >= 0.3 is 11.9 Å². The topological polar surface area (TPSA) is 74.6 Å². The molecule has 2 aliphatic rings. The molecule has 1 aromatic rings. The van der Waals surface area contributed by atoms with Crippen LogP contribution in [0.1, 0.15) is 92.9 Å². The SMILES string of the molecule is Cc1cc(CCCCCC2(C(=O)O)CC2)c(C)c(CCCCC2(C(=O)O)CC2)c1. The van der Waals surface area contributed by atoms with Crippen molar-refractivity contribution in [2.45, 2.75) is 97.3 Å². The van der Waals surface area contributed by atoms with Gasteiger partial charge < -0.3 is 10.2 Å². The first-order valence-electron chi connectivity index (χ1n) is 11.3. The van der Waals surface area contributed by atoms with Crippen LogP contribution in [0.5, 0.6) is 0 Å². The van der Waals surface area contributed by atoms with Crippen molar-refractivity contribution in [2.24, 2.45) is 10.8 Å². The highest BCUT2D eigenvalue weighted by molar-refractivity contribution is 5.78. The summed E-state index contributed by atoms with van der Waals surface area (Å²) < 4.78 is 0. The molecule has 1 aromatic carbocycles. The van der Waals surface area contributed by atoms with Crippen LogP contribution in [-0.4, -0.2) is 22.2 Å². The Morgan fingerprint density at radius 1 is 0.759 bits per heavy atom. The van der Waals surface area contributed by atoms with E-state index in [1.54, 1.807) is 0 Å². The average Bonchev–Trinajstić information content (AvgIpc) is 3.57. The molecular weight excluding hydrogens is 364 g/mol. The molecule has 2 fully saturated rings. The van der Waals surface area contributed by atoms with Gasteiger partial charge in [-0.1, -0.05) is 37.0 Å². The number of hydrogen-bond acceptors (Lipinski definition) is 2. The molecule has 2 aliphatic carbocycles. The number of carboxylic acids is 2. The second kappa shape index (κ2) is 8.89. The molecule has 0 unspecified atom stereocenters. The first-order chi connectivity index (χ1) is 13.8. The summed E-state index contributed by atoms with van der Waals surface area (Å²) in [5.41, 5.74) is 4.73. The van der Waals surface area contributed by atoms with E-state index < -0.39 is 17.4 Å². The number of hydrogen-bond donors (Lipinski definition) is 2. The molecule has 0 heterocycles. The Balaban J connectivity index is 1.43. The molecule has 2 saturated carbocycles. The zero-order valence-electron chi connectivity index (χ0n) is 18.1. The lowest BCUT2D eigenvalue weighted by Gasteiger charge is -2.15. The standard InChI is InChI=1S/C25H36O4/c1-18-16-20(8-4-3-6-10-24(12-13-24)22(26)27)19(2)21(17-18)9-5-7-11-25(14-15-25)23(28)29/h16-17H,3-15H2,1-2H3,(H,26,27)(H,28,29). The second-order valence-corrected chi connectivity index (χ2v) is 9.65. The Kier molecular flexibility index (Phi) is 6.70. The molecular formula is C25H36O4. The highest BCUT2D eigenvalue weighted by Crippen LogP contribution is 2.50. The van der Waals surface area contributed by atoms with Crippen molar-refractivity contribution in [1.82, 2.24) is 0 Å². The smallest absolute Gasteiger partial charge is 0.309 e. The zero-order chi connectivity index (χ0) is 21.1. The van der Waals surface area contributed by atoms with Crippen LogP contribution in [0.25, 0.3) is 0 Å². The van der Waals surface area contributed by atoms with Gasteiger partial charge in [-0.25, -0.2) is 0 Å². The van der Waals surface area contributed by atoms with Crippen LogP contribution >= 0.6 is 0 Å². The maximum absolute atomic E-state index is 11.3. The number of rotatable bonds is 13. The van der Waals surface area contributed by atoms with E-state index in [0.717, 1.165) is 83.5 Å². The minimum Gasteiger partial charge on any atom is -0.481 e. The number of aryl methyl sites for hydroxylation is 3. The van der Waals surface area contributed by atoms with E-state index in [-0.39, 0.29) is 5.41 Å². The summed E-state index contributed by atoms with van der Waals surface area (Å²) in [4.78, 5) is 22.6. The van der Waals surface area contributed by atoms with Gasteiger partial charge in [0.1, 0.15) is 0 Å². The lowest BCUT2D eigenvalue weighted by molar-refractivity contribution is -0.144. The maximum Gasteiger partial charge on any atom is 0.309 e. The van der Waals surface area contributed by atoms with Crippen LogP contribution in [0.4, 0.5) is 0 Å². The van der Waals surface area contributed by atoms with Crippen molar-refractivity contribution >= 4 is 11.9 Å². The van der Waals surface area contributed by atoms with Gasteiger partial charge in [-0.15, -0.1) is 0 Å². The van der Waals surface area contributed by atoms with Crippen molar-refractivity contribution in [1.29, 1.82) is 0 Å². The van der Waals surface area contributed by atoms with Crippen LogP contribution in [0, 0.1) is 24.7 Å². The fourth-order valence-electron chi connectivity index (χ4n) is 4.71. The Bertz CT molecular complexity index is 756. The number of benzene rings is 1. The maximum atomic E-state index is 11.3. The summed E-state index contributed by atoms with van der Waals surface area (Å²) in [6, 6.07) is 4.58. The molecule has 0 spiro atoms. The van der Waals surface area contributed by atoms with E-state index >= 15 is 0 Å². The second-order valence-electron chi connectivity index (χ2n) is 9.65. The van der Waals surface area contributed by atoms with Crippen LogP contribution in [0.2, 0.25) is 0 Å². The quantitative estimate of drug-likeness (QED) is 0.407. The van der Waals surface area contributed by atoms with Gasteiger partial charge in [0.05, 0.1) is 10.8 Å². The van der Waals surface area contributed by atoms with E-state index in [4.69, 9.17) is 0 Å². The molecule has 2 N–H and O–H groups in total. The average molecular weight is 401 g/mol. The molecule has 0 aromatic heterocycles. The minimum atomic E-state index is -0.609. The molecule has 160 valence electrons. The summed E-state index contributed by atoms with van der Waals surface area (Å²) in [7, 11) is 0. The highest BCUT2D eigenvalue weighted by Gasteiger charge is 2.49. The number of carbonyl (C=O) groups is 2. The van der Waals surface area contributed by atoms with Crippen LogP contribution in [0.3, 0.4) is 0 Å². The molecule has 3 rings (SSSR count). The monoisotopic (exact) mass is 400 g/mol. The molecule has 0 saturated heterocycles. The van der Waals surface area contributed by atoms with E-state index in [0.29, 0.717) is 0 Å². The third kappa shape index (κ3) is 5.40. The predicted octanol–water partition coefficient (Wildman–Crippen LogP) is 5.85. The summed E-state index contributed by atoms with van der Waals surface area (Å²) >= 11 is 0. The Hall–Kier alpha value is -1.84. The first kappa shape index (κ1) is 21.9. The highest BCUT2D eigenvalue weighted by atomic mass is 16.4. The summed E-state index contributed by atoms with van der Waals surface area (Å²) in [5, 5.41) is 18.6. The largest absolute Gasteiger partial charge is 0.481 e. The Morgan fingerprint density at radius 3 is 1.59 bits per heavy atom. The van der Waals surface area contributed by atoms with Gasteiger partial charge in [0.2, 0.25) is 0 Å². The number of carboxylic acid groups (broad SMARTS) is 2. The lowest BCUT2D eigenvalue weighted by atomic mass is 9.91. The Morgan fingerprint density at radius 2 is 1.17 bits per heavy atom. The third-order valence-corrected chi connectivity index (χ3v) is 7.33. The zero-order valence-corrected chi connectivity index (χ0v) is 18.1. The van der Waals surface area contributed by atoms with Crippen LogP contribution < -0.4 is 0 Å². The third-order valence-electron chi connectivity index (χ3n) is 7.33. The van der Waals surface area contributed by atoms with Gasteiger partial charge in [-0.05, 0) is 94.7 Å². The summed E-state index contributed by atoms with van der Waals surface area (Å²) in [6.45, 7) is 4.37. The van der Waals surface area contributed by atoms with Gasteiger partial charge in [0.15, 0.2) is 0 Å². The number of unbranched alkanes of at least 4 members (excludes halogenated alkanes) is 3. The fraction of sp³-hybridized carbons (Fsp3) is 0.680. The van der Waals surface area contributed by atoms with Gasteiger partial charge in [0, 0.05) is 0 Å². The van der Waals surface area contributed by atoms with E-state index in [1.807, 2.05) is 0 Å². The van der Waals surface area contributed by atoms with E-state index in [2.05, 4.69) is 26.0 Å². The molecule has 29 heavy (non-hydrogen) atoms. The van der Waals surface area contributed by atoms with Gasteiger partial charge in [-0.2, -0.15) is 0 Å². The van der Waals surface area contributed by atoms with Crippen molar-refractivity contribution in [3.63, 3.8) is 0 Å². The fourth-order valence-corrected chi connectivity index (χ4v) is 4.71. The molecule has 4 nitrogen and oxygen atoms in total.